The maximum atomic E-state index is 12.8. The van der Waals surface area contributed by atoms with Crippen molar-refractivity contribution in [3.63, 3.8) is 0 Å². The smallest absolute Gasteiger partial charge is 0.169 e. The van der Waals surface area contributed by atoms with E-state index in [9.17, 15) is 9.18 Å². The summed E-state index contributed by atoms with van der Waals surface area (Å²) in [4.78, 5) is 12.1. The van der Waals surface area contributed by atoms with Gasteiger partial charge in [0.15, 0.2) is 24.7 Å². The molecule has 0 saturated heterocycles. The van der Waals surface area contributed by atoms with E-state index in [1.54, 1.807) is 0 Å². The van der Waals surface area contributed by atoms with E-state index >= 15 is 0 Å². The van der Waals surface area contributed by atoms with Gasteiger partial charge in [0.1, 0.15) is 5.82 Å². The van der Waals surface area contributed by atoms with Crippen LogP contribution in [0, 0.1) is 11.7 Å². The molecule has 1 fully saturated rings. The minimum Gasteiger partial charge on any atom is -0.294 e. The number of ketones is 1. The van der Waals surface area contributed by atoms with Crippen molar-refractivity contribution in [2.75, 3.05) is 0 Å². The molecule has 0 N–H and O–H groups in total. The van der Waals surface area contributed by atoms with E-state index in [-0.39, 0.29) is 11.6 Å². The number of hydrogen-bond donors (Lipinski definition) is 0. The van der Waals surface area contributed by atoms with Crippen molar-refractivity contribution in [3.05, 3.63) is 65.7 Å². The molecule has 1 aromatic carbocycles. The second kappa shape index (κ2) is 5.53. The fraction of sp³-hybridized carbons (Fsp3) is 0.294. The van der Waals surface area contributed by atoms with E-state index in [2.05, 4.69) is 4.57 Å². The van der Waals surface area contributed by atoms with Gasteiger partial charge in [0.2, 0.25) is 0 Å². The van der Waals surface area contributed by atoms with E-state index in [4.69, 9.17) is 0 Å². The molecule has 0 spiro atoms. The molecule has 1 aromatic heterocycles. The van der Waals surface area contributed by atoms with Gasteiger partial charge in [0, 0.05) is 30.0 Å². The SMILES string of the molecule is O=C(Cc1cc[n+](CC2CC2)cc1)c1ccc(F)cc1. The van der Waals surface area contributed by atoms with Gasteiger partial charge in [0.25, 0.3) is 0 Å². The summed E-state index contributed by atoms with van der Waals surface area (Å²) in [5, 5.41) is 0. The quantitative estimate of drug-likeness (QED) is 0.604. The molecular weight excluding hydrogens is 253 g/mol. The molecule has 2 nitrogen and oxygen atoms in total. The normalized spacial score (nSPS) is 14.2. The molecule has 102 valence electrons. The van der Waals surface area contributed by atoms with Crippen LogP contribution in [0.2, 0.25) is 0 Å². The van der Waals surface area contributed by atoms with Crippen LogP contribution in [0.1, 0.15) is 28.8 Å². The van der Waals surface area contributed by atoms with Gasteiger partial charge in [-0.2, -0.15) is 0 Å². The van der Waals surface area contributed by atoms with Gasteiger partial charge < -0.3 is 0 Å². The van der Waals surface area contributed by atoms with E-state index in [0.29, 0.717) is 12.0 Å². The van der Waals surface area contributed by atoms with Crippen molar-refractivity contribution >= 4 is 5.78 Å². The van der Waals surface area contributed by atoms with Crippen molar-refractivity contribution in [1.82, 2.24) is 0 Å². The molecule has 0 aliphatic heterocycles. The van der Waals surface area contributed by atoms with Gasteiger partial charge in [-0.15, -0.1) is 0 Å². The third kappa shape index (κ3) is 3.29. The average Bonchev–Trinajstić information content (AvgIpc) is 3.26. The van der Waals surface area contributed by atoms with Crippen molar-refractivity contribution in [1.29, 1.82) is 0 Å². The molecule has 1 aliphatic rings. The van der Waals surface area contributed by atoms with Crippen LogP contribution in [0.25, 0.3) is 0 Å². The summed E-state index contributed by atoms with van der Waals surface area (Å²) in [6.45, 7) is 1.08. The topological polar surface area (TPSA) is 20.9 Å². The Kier molecular flexibility index (Phi) is 3.59. The lowest BCUT2D eigenvalue weighted by Crippen LogP contribution is -2.33. The molecule has 2 aromatic rings. The Hall–Kier alpha value is -2.03. The molecule has 0 unspecified atom stereocenters. The monoisotopic (exact) mass is 270 g/mol. The molecule has 0 amide bonds. The minimum atomic E-state index is -0.317. The molecular formula is C17H17FNO+. The van der Waals surface area contributed by atoms with Crippen LogP contribution in [-0.2, 0) is 13.0 Å². The number of aromatic nitrogens is 1. The van der Waals surface area contributed by atoms with Gasteiger partial charge in [-0.05, 0) is 42.7 Å². The number of nitrogens with zero attached hydrogens (tertiary/aromatic N) is 1. The lowest BCUT2D eigenvalue weighted by molar-refractivity contribution is -0.700. The second-order valence-corrected chi connectivity index (χ2v) is 5.45. The van der Waals surface area contributed by atoms with Gasteiger partial charge >= 0.3 is 0 Å². The maximum absolute atomic E-state index is 12.8. The summed E-state index contributed by atoms with van der Waals surface area (Å²) < 4.78 is 15.0. The van der Waals surface area contributed by atoms with Crippen LogP contribution in [0.3, 0.4) is 0 Å². The number of hydrogen-bond acceptors (Lipinski definition) is 1. The third-order valence-electron chi connectivity index (χ3n) is 3.66. The van der Waals surface area contributed by atoms with E-state index in [1.165, 1.54) is 37.1 Å². The molecule has 3 heteroatoms. The Morgan fingerprint density at radius 2 is 1.75 bits per heavy atom. The van der Waals surface area contributed by atoms with Crippen molar-refractivity contribution in [2.45, 2.75) is 25.8 Å². The molecule has 1 saturated carbocycles. The minimum absolute atomic E-state index is 0.0185. The molecule has 0 atom stereocenters. The predicted octanol–water partition coefficient (Wildman–Crippen LogP) is 2.95. The van der Waals surface area contributed by atoms with E-state index in [0.717, 1.165) is 18.0 Å². The van der Waals surface area contributed by atoms with Gasteiger partial charge in [-0.3, -0.25) is 4.79 Å². The van der Waals surface area contributed by atoms with Crippen LogP contribution in [-0.4, -0.2) is 5.78 Å². The van der Waals surface area contributed by atoms with Crippen LogP contribution in [0.5, 0.6) is 0 Å². The van der Waals surface area contributed by atoms with Crippen LogP contribution < -0.4 is 4.57 Å². The zero-order chi connectivity index (χ0) is 13.9. The number of halogens is 1. The summed E-state index contributed by atoms with van der Waals surface area (Å²) in [5.74, 6) is 0.541. The standard InChI is InChI=1S/C17H17FNO/c18-16-5-3-15(4-6-16)17(20)11-13-7-9-19(10-8-13)12-14-1-2-14/h3-10,14H,1-2,11-12H2/q+1. The van der Waals surface area contributed by atoms with Crippen molar-refractivity contribution < 1.29 is 13.8 Å². The number of pyridine rings is 1. The first-order valence-corrected chi connectivity index (χ1v) is 6.97. The highest BCUT2D eigenvalue weighted by Crippen LogP contribution is 2.28. The Morgan fingerprint density at radius 3 is 2.35 bits per heavy atom. The first-order chi connectivity index (χ1) is 9.70. The van der Waals surface area contributed by atoms with Crippen LogP contribution >= 0.6 is 0 Å². The number of rotatable bonds is 5. The highest BCUT2D eigenvalue weighted by atomic mass is 19.1. The van der Waals surface area contributed by atoms with Gasteiger partial charge in [-0.25, -0.2) is 8.96 Å². The summed E-state index contributed by atoms with van der Waals surface area (Å²) in [6.07, 6.45) is 7.09. The number of Topliss-reactive ketones (excluding diaryl/α,β-unsaturated/α-hetero) is 1. The lowest BCUT2D eigenvalue weighted by atomic mass is 10.0. The molecule has 3 rings (SSSR count). The fourth-order valence-electron chi connectivity index (χ4n) is 2.25. The largest absolute Gasteiger partial charge is 0.294 e. The molecule has 0 radical (unpaired) electrons. The first-order valence-electron chi connectivity index (χ1n) is 6.97. The van der Waals surface area contributed by atoms with Crippen molar-refractivity contribution in [3.8, 4) is 0 Å². The molecule has 20 heavy (non-hydrogen) atoms. The first kappa shape index (κ1) is 13.0. The highest BCUT2D eigenvalue weighted by Gasteiger charge is 2.25. The molecule has 1 aliphatic carbocycles. The van der Waals surface area contributed by atoms with Crippen LogP contribution in [0.15, 0.2) is 48.8 Å². The highest BCUT2D eigenvalue weighted by molar-refractivity contribution is 5.97. The Labute approximate surface area is 117 Å². The Balaban J connectivity index is 1.64. The Morgan fingerprint density at radius 1 is 1.10 bits per heavy atom. The Bertz CT molecular complexity index is 600. The summed E-state index contributed by atoms with van der Waals surface area (Å²) in [6, 6.07) is 9.69. The fourth-order valence-corrected chi connectivity index (χ4v) is 2.25. The average molecular weight is 270 g/mol. The maximum Gasteiger partial charge on any atom is 0.169 e. The third-order valence-corrected chi connectivity index (χ3v) is 3.66. The zero-order valence-corrected chi connectivity index (χ0v) is 11.3. The number of carbonyl (C=O) groups is 1. The predicted molar refractivity (Wildman–Crippen MR) is 73.8 cm³/mol. The molecule has 0 bridgehead atoms. The zero-order valence-electron chi connectivity index (χ0n) is 11.3. The summed E-state index contributed by atoms with van der Waals surface area (Å²) in [7, 11) is 0. The van der Waals surface area contributed by atoms with E-state index in [1.807, 2.05) is 24.5 Å². The van der Waals surface area contributed by atoms with Gasteiger partial charge in [0.05, 0.1) is 0 Å². The van der Waals surface area contributed by atoms with E-state index < -0.39 is 0 Å². The second-order valence-electron chi connectivity index (χ2n) is 5.45. The molecule has 1 heterocycles. The van der Waals surface area contributed by atoms with Gasteiger partial charge in [-0.1, -0.05) is 0 Å². The van der Waals surface area contributed by atoms with Crippen LogP contribution in [0.4, 0.5) is 4.39 Å². The number of carbonyl (C=O) groups excluding carboxylic acids is 1. The summed E-state index contributed by atoms with van der Waals surface area (Å²) >= 11 is 0. The number of benzene rings is 1. The summed E-state index contributed by atoms with van der Waals surface area (Å²) in [5.41, 5.74) is 1.55. The lowest BCUT2D eigenvalue weighted by Gasteiger charge is -2.01. The van der Waals surface area contributed by atoms with Crippen molar-refractivity contribution in [2.24, 2.45) is 5.92 Å².